The second-order valence-corrected chi connectivity index (χ2v) is 5.82. The summed E-state index contributed by atoms with van der Waals surface area (Å²) in [5, 5.41) is 5.30. The van der Waals surface area contributed by atoms with Crippen molar-refractivity contribution in [3.05, 3.63) is 52.1 Å². The first kappa shape index (κ1) is 19.0. The maximum Gasteiger partial charge on any atom is 0.417 e. The Morgan fingerprint density at radius 1 is 1.22 bits per heavy atom. The zero-order valence-corrected chi connectivity index (χ0v) is 14.1. The van der Waals surface area contributed by atoms with Gasteiger partial charge in [0.2, 0.25) is 5.82 Å². The molecule has 27 heavy (non-hydrogen) atoms. The Kier molecular flexibility index (Phi) is 4.72. The summed E-state index contributed by atoms with van der Waals surface area (Å²) < 4.78 is 65.5. The van der Waals surface area contributed by atoms with Crippen LogP contribution in [-0.4, -0.2) is 25.5 Å². The number of aryl methyl sites for hydroxylation is 1. The molecule has 1 amide bonds. The topological polar surface area (TPSA) is 72.2 Å². The summed E-state index contributed by atoms with van der Waals surface area (Å²) in [5.74, 6) is -1.75. The largest absolute Gasteiger partial charge is 0.417 e. The van der Waals surface area contributed by atoms with Gasteiger partial charge in [-0.25, -0.2) is 13.8 Å². The van der Waals surface area contributed by atoms with Crippen molar-refractivity contribution in [1.29, 1.82) is 0 Å². The molecule has 6 nitrogen and oxygen atoms in total. The summed E-state index contributed by atoms with van der Waals surface area (Å²) in [6.45, 7) is 1.46. The molecule has 0 radical (unpaired) electrons. The van der Waals surface area contributed by atoms with Gasteiger partial charge in [0.05, 0.1) is 10.6 Å². The third-order valence-corrected chi connectivity index (χ3v) is 3.75. The first-order valence-electron chi connectivity index (χ1n) is 7.27. The number of hydrogen-bond donors (Lipinski definition) is 1. The summed E-state index contributed by atoms with van der Waals surface area (Å²) in [4.78, 5) is 19.9. The minimum atomic E-state index is -4.72. The Bertz CT molecular complexity index is 1030. The quantitative estimate of drug-likeness (QED) is 0.660. The fourth-order valence-corrected chi connectivity index (χ4v) is 2.50. The van der Waals surface area contributed by atoms with Crippen LogP contribution in [0.3, 0.4) is 0 Å². The fraction of sp³-hybridized carbons (Fsp3) is 0.200. The molecule has 0 spiro atoms. The lowest BCUT2D eigenvalue weighted by atomic mass is 10.2. The van der Waals surface area contributed by atoms with Crippen LogP contribution in [0.15, 0.2) is 24.3 Å². The van der Waals surface area contributed by atoms with Crippen LogP contribution in [0.25, 0.3) is 5.78 Å². The molecule has 142 valence electrons. The minimum absolute atomic E-state index is 0.214. The fourth-order valence-electron chi connectivity index (χ4n) is 2.27. The molecule has 2 aromatic heterocycles. The van der Waals surface area contributed by atoms with Gasteiger partial charge in [-0.3, -0.25) is 4.79 Å². The van der Waals surface area contributed by atoms with Gasteiger partial charge >= 0.3 is 6.18 Å². The number of fused-ring (bicyclic) bond motifs is 1. The van der Waals surface area contributed by atoms with E-state index in [1.54, 1.807) is 0 Å². The van der Waals surface area contributed by atoms with Crippen molar-refractivity contribution in [2.45, 2.75) is 19.5 Å². The Morgan fingerprint density at radius 2 is 1.93 bits per heavy atom. The van der Waals surface area contributed by atoms with Crippen molar-refractivity contribution in [2.75, 3.05) is 5.32 Å². The van der Waals surface area contributed by atoms with Gasteiger partial charge in [-0.15, -0.1) is 5.10 Å². The first-order valence-corrected chi connectivity index (χ1v) is 7.64. The monoisotopic (exact) mass is 405 g/mol. The van der Waals surface area contributed by atoms with E-state index < -0.39 is 40.6 Å². The number of aromatic nitrogens is 4. The molecule has 0 atom stereocenters. The number of nitrogens with one attached hydrogen (secondary N) is 1. The molecule has 0 unspecified atom stereocenters. The molecule has 0 aliphatic rings. The second-order valence-electron chi connectivity index (χ2n) is 5.42. The lowest BCUT2D eigenvalue weighted by Gasteiger charge is -2.11. The molecule has 0 aliphatic heterocycles. The number of carbonyl (C=O) groups is 1. The highest BCUT2D eigenvalue weighted by Gasteiger charge is 2.33. The van der Waals surface area contributed by atoms with Crippen molar-refractivity contribution in [3.63, 3.8) is 0 Å². The third kappa shape index (κ3) is 3.82. The second kappa shape index (κ2) is 6.72. The minimum Gasteiger partial charge on any atom is -0.319 e. The molecule has 3 aromatic rings. The average molecular weight is 406 g/mol. The number of halogens is 6. The SMILES string of the molecule is Cc1cc(C(F)F)n2nc(C(=O)Nc3ccc(Cl)c(C(F)(F)F)c3)nc2n1. The van der Waals surface area contributed by atoms with Crippen LogP contribution < -0.4 is 5.32 Å². The number of rotatable bonds is 3. The number of anilines is 1. The molecule has 0 saturated carbocycles. The molecule has 0 fully saturated rings. The Balaban J connectivity index is 1.94. The van der Waals surface area contributed by atoms with Gasteiger partial charge < -0.3 is 5.32 Å². The van der Waals surface area contributed by atoms with E-state index in [1.807, 2.05) is 0 Å². The number of hydrogen-bond acceptors (Lipinski definition) is 4. The molecule has 2 heterocycles. The lowest BCUT2D eigenvalue weighted by molar-refractivity contribution is -0.137. The molecule has 0 saturated heterocycles. The summed E-state index contributed by atoms with van der Waals surface area (Å²) in [6, 6.07) is 3.85. The van der Waals surface area contributed by atoms with Crippen LogP contribution >= 0.6 is 11.6 Å². The Labute approximate surface area is 153 Å². The van der Waals surface area contributed by atoms with E-state index in [2.05, 4.69) is 20.4 Å². The molecule has 1 N–H and O–H groups in total. The van der Waals surface area contributed by atoms with Crippen molar-refractivity contribution in [1.82, 2.24) is 19.6 Å². The summed E-state index contributed by atoms with van der Waals surface area (Å²) >= 11 is 5.51. The molecule has 12 heteroatoms. The molecular weight excluding hydrogens is 397 g/mol. The summed E-state index contributed by atoms with van der Waals surface area (Å²) in [7, 11) is 0. The van der Waals surface area contributed by atoms with Crippen LogP contribution in [0.5, 0.6) is 0 Å². The van der Waals surface area contributed by atoms with Gasteiger partial charge in [-0.05, 0) is 31.2 Å². The smallest absolute Gasteiger partial charge is 0.319 e. The standard InChI is InChI=1S/C15H9ClF5N5O/c1-6-4-10(11(17)18)26-14(22-6)24-12(25-26)13(27)23-7-2-3-9(16)8(5-7)15(19,20)21/h2-5,11H,1H3,(H,23,27). The maximum atomic E-state index is 13.1. The van der Waals surface area contributed by atoms with Crippen LogP contribution in [0.1, 0.15) is 34.0 Å². The number of amides is 1. The molecule has 0 aliphatic carbocycles. The van der Waals surface area contributed by atoms with E-state index in [4.69, 9.17) is 11.6 Å². The molecule has 1 aromatic carbocycles. The molecular formula is C15H9ClF5N5O. The van der Waals surface area contributed by atoms with E-state index in [1.165, 1.54) is 6.92 Å². The van der Waals surface area contributed by atoms with Crippen molar-refractivity contribution >= 4 is 29.0 Å². The summed E-state index contributed by atoms with van der Waals surface area (Å²) in [5.41, 5.74) is -1.63. The van der Waals surface area contributed by atoms with E-state index in [0.717, 1.165) is 18.2 Å². The number of benzene rings is 1. The highest BCUT2D eigenvalue weighted by molar-refractivity contribution is 6.31. The van der Waals surface area contributed by atoms with E-state index >= 15 is 0 Å². The van der Waals surface area contributed by atoms with Crippen molar-refractivity contribution < 1.29 is 26.7 Å². The lowest BCUT2D eigenvalue weighted by Crippen LogP contribution is -2.15. The highest BCUT2D eigenvalue weighted by atomic mass is 35.5. The van der Waals surface area contributed by atoms with E-state index in [0.29, 0.717) is 10.6 Å². The van der Waals surface area contributed by atoms with E-state index in [9.17, 15) is 26.7 Å². The van der Waals surface area contributed by atoms with Crippen LogP contribution in [0, 0.1) is 6.92 Å². The normalized spacial score (nSPS) is 12.0. The number of carbonyl (C=O) groups excluding carboxylic acids is 1. The predicted molar refractivity (Wildman–Crippen MR) is 84.9 cm³/mol. The number of alkyl halides is 5. The first-order chi connectivity index (χ1) is 12.6. The van der Waals surface area contributed by atoms with Crippen LogP contribution in [-0.2, 0) is 6.18 Å². The Morgan fingerprint density at radius 3 is 2.56 bits per heavy atom. The Hall–Kier alpha value is -2.82. The van der Waals surface area contributed by atoms with Gasteiger partial charge in [-0.2, -0.15) is 22.7 Å². The van der Waals surface area contributed by atoms with Gasteiger partial charge in [0, 0.05) is 11.4 Å². The van der Waals surface area contributed by atoms with Crippen molar-refractivity contribution in [3.8, 4) is 0 Å². The average Bonchev–Trinajstić information content (AvgIpc) is 2.98. The van der Waals surface area contributed by atoms with Crippen LogP contribution in [0.2, 0.25) is 5.02 Å². The highest BCUT2D eigenvalue weighted by Crippen LogP contribution is 2.36. The molecule has 3 rings (SSSR count). The van der Waals surface area contributed by atoms with Gasteiger partial charge in [0.25, 0.3) is 18.1 Å². The molecule has 0 bridgehead atoms. The summed E-state index contributed by atoms with van der Waals surface area (Å²) in [6.07, 6.45) is -7.61. The predicted octanol–water partition coefficient (Wildman–Crippen LogP) is 4.29. The number of nitrogens with zero attached hydrogens (tertiary/aromatic N) is 4. The van der Waals surface area contributed by atoms with Gasteiger partial charge in [0.15, 0.2) is 0 Å². The maximum absolute atomic E-state index is 13.1. The van der Waals surface area contributed by atoms with Gasteiger partial charge in [-0.1, -0.05) is 11.6 Å². The van der Waals surface area contributed by atoms with Crippen LogP contribution in [0.4, 0.5) is 27.6 Å². The zero-order chi connectivity index (χ0) is 19.9. The van der Waals surface area contributed by atoms with Gasteiger partial charge in [0.1, 0.15) is 5.69 Å². The third-order valence-electron chi connectivity index (χ3n) is 3.42. The zero-order valence-electron chi connectivity index (χ0n) is 13.4. The van der Waals surface area contributed by atoms with E-state index in [-0.39, 0.29) is 17.2 Å². The van der Waals surface area contributed by atoms with Crippen molar-refractivity contribution in [2.24, 2.45) is 0 Å².